The predicted molar refractivity (Wildman–Crippen MR) is 64.6 cm³/mol. The first-order valence-corrected chi connectivity index (χ1v) is 6.95. The molecule has 0 aromatic heterocycles. The lowest BCUT2D eigenvalue weighted by atomic mass is 10.3. The van der Waals surface area contributed by atoms with Crippen LogP contribution < -0.4 is 10.5 Å². The second-order valence-electron chi connectivity index (χ2n) is 3.67. The van der Waals surface area contributed by atoms with Gasteiger partial charge in [0.2, 0.25) is 0 Å². The average Bonchev–Trinajstić information content (AvgIpc) is 2.16. The van der Waals surface area contributed by atoms with Crippen molar-refractivity contribution in [2.24, 2.45) is 5.73 Å². The van der Waals surface area contributed by atoms with E-state index in [1.807, 2.05) is 4.72 Å². The fourth-order valence-corrected chi connectivity index (χ4v) is 2.54. The second kappa shape index (κ2) is 7.46. The zero-order valence-electron chi connectivity index (χ0n) is 10.5. The van der Waals surface area contributed by atoms with Gasteiger partial charge < -0.3 is 10.5 Å². The Morgan fingerprint density at radius 3 is 2.47 bits per heavy atom. The lowest BCUT2D eigenvalue weighted by molar-refractivity contribution is 0.157. The molecule has 0 saturated carbocycles. The Morgan fingerprint density at radius 2 is 2.06 bits per heavy atom. The van der Waals surface area contributed by atoms with E-state index in [-0.39, 0.29) is 19.2 Å². The van der Waals surface area contributed by atoms with E-state index >= 15 is 0 Å². The highest BCUT2D eigenvalue weighted by atomic mass is 32.2. The molecule has 7 nitrogen and oxygen atoms in total. The summed E-state index contributed by atoms with van der Waals surface area (Å²) in [5.74, 6) is 0. The van der Waals surface area contributed by atoms with Crippen LogP contribution in [0, 0.1) is 0 Å². The minimum absolute atomic E-state index is 0.117. The summed E-state index contributed by atoms with van der Waals surface area (Å²) in [7, 11) is -3.86. The van der Waals surface area contributed by atoms with Crippen LogP contribution in [0.25, 0.3) is 0 Å². The van der Waals surface area contributed by atoms with Gasteiger partial charge in [0.05, 0.1) is 6.61 Å². The van der Waals surface area contributed by atoms with Gasteiger partial charge in [-0.3, -0.25) is 0 Å². The molecule has 0 unspecified atom stereocenters. The Bertz CT molecular complexity index is 329. The largest absolute Gasteiger partial charge is 0.449 e. The first-order chi connectivity index (χ1) is 7.85. The zero-order valence-corrected chi connectivity index (χ0v) is 11.3. The molecule has 0 atom stereocenters. The topological polar surface area (TPSA) is 102 Å². The molecule has 0 aromatic carbocycles. The number of nitrogens with two attached hydrogens (primary N) is 1. The van der Waals surface area contributed by atoms with E-state index in [1.165, 1.54) is 4.31 Å². The third-order valence-corrected chi connectivity index (χ3v) is 3.60. The van der Waals surface area contributed by atoms with Crippen LogP contribution in [0.3, 0.4) is 0 Å². The maximum atomic E-state index is 11.8. The number of amides is 1. The van der Waals surface area contributed by atoms with Crippen molar-refractivity contribution in [3.63, 3.8) is 0 Å². The summed E-state index contributed by atoms with van der Waals surface area (Å²) in [6.45, 7) is 5.82. The fraction of sp³-hybridized carbons (Fsp3) is 0.889. The van der Waals surface area contributed by atoms with Crippen LogP contribution in [0.5, 0.6) is 0 Å². The summed E-state index contributed by atoms with van der Waals surface area (Å²) >= 11 is 0. The van der Waals surface area contributed by atoms with Gasteiger partial charge in [-0.1, -0.05) is 0 Å². The molecule has 102 valence electrons. The maximum absolute atomic E-state index is 11.8. The van der Waals surface area contributed by atoms with Gasteiger partial charge in [0, 0.05) is 12.6 Å². The summed E-state index contributed by atoms with van der Waals surface area (Å²) in [5, 5.41) is 0. The van der Waals surface area contributed by atoms with Crippen molar-refractivity contribution in [2.45, 2.75) is 33.2 Å². The number of hydrogen-bond donors (Lipinski definition) is 2. The Morgan fingerprint density at radius 1 is 1.47 bits per heavy atom. The Hall–Kier alpha value is -0.860. The maximum Gasteiger partial charge on any atom is 0.421 e. The third kappa shape index (κ3) is 5.85. The number of hydrogen-bond acceptors (Lipinski definition) is 5. The minimum Gasteiger partial charge on any atom is -0.449 e. The molecule has 0 aliphatic carbocycles. The molecule has 17 heavy (non-hydrogen) atoms. The monoisotopic (exact) mass is 267 g/mol. The number of nitrogens with zero attached hydrogens (tertiary/aromatic N) is 1. The van der Waals surface area contributed by atoms with E-state index in [1.54, 1.807) is 20.8 Å². The van der Waals surface area contributed by atoms with Crippen LogP contribution >= 0.6 is 0 Å². The lowest BCUT2D eigenvalue weighted by Crippen LogP contribution is -2.47. The molecule has 0 aliphatic rings. The van der Waals surface area contributed by atoms with E-state index in [9.17, 15) is 13.2 Å². The first-order valence-electron chi connectivity index (χ1n) is 5.51. The van der Waals surface area contributed by atoms with Crippen molar-refractivity contribution in [3.8, 4) is 0 Å². The van der Waals surface area contributed by atoms with Crippen molar-refractivity contribution in [3.05, 3.63) is 0 Å². The Labute approximate surface area is 102 Å². The predicted octanol–water partition coefficient (Wildman–Crippen LogP) is 0.0365. The van der Waals surface area contributed by atoms with Crippen molar-refractivity contribution in [1.29, 1.82) is 0 Å². The van der Waals surface area contributed by atoms with Crippen LogP contribution in [-0.4, -0.2) is 44.6 Å². The highest BCUT2D eigenvalue weighted by Gasteiger charge is 2.26. The van der Waals surface area contributed by atoms with E-state index in [0.717, 1.165) is 0 Å². The number of rotatable bonds is 7. The minimum atomic E-state index is -3.86. The zero-order chi connectivity index (χ0) is 13.5. The average molecular weight is 267 g/mol. The van der Waals surface area contributed by atoms with E-state index in [0.29, 0.717) is 13.0 Å². The molecule has 0 aliphatic heterocycles. The molecule has 0 radical (unpaired) electrons. The van der Waals surface area contributed by atoms with Gasteiger partial charge in [-0.05, 0) is 33.7 Å². The van der Waals surface area contributed by atoms with E-state index in [2.05, 4.69) is 4.74 Å². The standard InChI is InChI=1S/C9H21N3O4S/c1-4-16-9(13)11-17(14,15)12(8(2)3)7-5-6-10/h8H,4-7,10H2,1-3H3,(H,11,13). The first kappa shape index (κ1) is 16.1. The molecule has 8 heteroatoms. The van der Waals surface area contributed by atoms with Crippen LogP contribution in [0.15, 0.2) is 0 Å². The van der Waals surface area contributed by atoms with Crippen molar-refractivity contribution in [1.82, 2.24) is 9.03 Å². The molecular formula is C9H21N3O4S. The van der Waals surface area contributed by atoms with E-state index < -0.39 is 16.3 Å². The lowest BCUT2D eigenvalue weighted by Gasteiger charge is -2.25. The normalized spacial score (nSPS) is 11.9. The van der Waals surface area contributed by atoms with Gasteiger partial charge in [0.1, 0.15) is 0 Å². The Kier molecular flexibility index (Phi) is 7.09. The van der Waals surface area contributed by atoms with Crippen LogP contribution in [0.2, 0.25) is 0 Å². The number of nitrogens with one attached hydrogen (secondary N) is 1. The highest BCUT2D eigenvalue weighted by Crippen LogP contribution is 2.06. The highest BCUT2D eigenvalue weighted by molar-refractivity contribution is 7.87. The summed E-state index contributed by atoms with van der Waals surface area (Å²) < 4.78 is 31.2. The quantitative estimate of drug-likeness (QED) is 0.678. The molecule has 0 aromatic rings. The summed E-state index contributed by atoms with van der Waals surface area (Å²) in [4.78, 5) is 11.1. The van der Waals surface area contributed by atoms with Crippen LogP contribution in [-0.2, 0) is 14.9 Å². The van der Waals surface area contributed by atoms with Gasteiger partial charge in [0.15, 0.2) is 0 Å². The SMILES string of the molecule is CCOC(=O)NS(=O)(=O)N(CCCN)C(C)C. The van der Waals surface area contributed by atoms with Crippen molar-refractivity contribution < 1.29 is 17.9 Å². The van der Waals surface area contributed by atoms with Gasteiger partial charge in [-0.2, -0.15) is 12.7 Å². The fourth-order valence-electron chi connectivity index (χ4n) is 1.23. The Balaban J connectivity index is 4.66. The van der Waals surface area contributed by atoms with Crippen molar-refractivity contribution >= 4 is 16.3 Å². The van der Waals surface area contributed by atoms with Crippen molar-refractivity contribution in [2.75, 3.05) is 19.7 Å². The second-order valence-corrected chi connectivity index (χ2v) is 5.30. The number of ether oxygens (including phenoxy) is 1. The van der Waals surface area contributed by atoms with Gasteiger partial charge in [-0.25, -0.2) is 9.52 Å². The summed E-state index contributed by atoms with van der Waals surface area (Å²) in [6.07, 6.45) is -0.437. The molecule has 0 spiro atoms. The van der Waals surface area contributed by atoms with Gasteiger partial charge in [0.25, 0.3) is 0 Å². The van der Waals surface area contributed by atoms with Crippen LogP contribution in [0.4, 0.5) is 4.79 Å². The molecule has 0 fully saturated rings. The summed E-state index contributed by atoms with van der Waals surface area (Å²) in [5.41, 5.74) is 5.34. The molecule has 0 heterocycles. The van der Waals surface area contributed by atoms with Gasteiger partial charge in [-0.15, -0.1) is 0 Å². The molecular weight excluding hydrogens is 246 g/mol. The summed E-state index contributed by atoms with van der Waals surface area (Å²) in [6, 6.07) is -0.256. The van der Waals surface area contributed by atoms with E-state index in [4.69, 9.17) is 5.73 Å². The molecule has 0 saturated heterocycles. The molecule has 1 amide bonds. The molecule has 0 bridgehead atoms. The van der Waals surface area contributed by atoms with Gasteiger partial charge >= 0.3 is 16.3 Å². The third-order valence-electron chi connectivity index (χ3n) is 1.96. The molecule has 3 N–H and O–H groups in total. The van der Waals surface area contributed by atoms with Crippen LogP contribution in [0.1, 0.15) is 27.2 Å². The number of carbonyl (C=O) groups is 1. The number of carbonyl (C=O) groups excluding carboxylic acids is 1. The smallest absolute Gasteiger partial charge is 0.421 e. The molecule has 0 rings (SSSR count).